The number of ether oxygens (including phenoxy) is 3. The SMILES string of the molecule is CC/C=C\C/C=C\C/C=C\C/C=C\CCCCCCCCCCCCCCC(=O)OCC(COC(=O)CCCCCCCCCCC)OC(=O)CCCCCCCCCCC/C=C\C/C=C\CCCCCCC. The molecule has 6 heteroatoms. The Bertz CT molecular complexity index is 1360. The van der Waals surface area contributed by atoms with Gasteiger partial charge in [-0.1, -0.05) is 280 Å². The molecule has 0 saturated heterocycles. The summed E-state index contributed by atoms with van der Waals surface area (Å²) in [5.41, 5.74) is 0. The molecule has 0 fully saturated rings. The van der Waals surface area contributed by atoms with Gasteiger partial charge in [0.2, 0.25) is 0 Å². The van der Waals surface area contributed by atoms with Crippen LogP contribution in [-0.4, -0.2) is 37.2 Å². The van der Waals surface area contributed by atoms with Gasteiger partial charge in [0.25, 0.3) is 0 Å². The number of hydrogen-bond acceptors (Lipinski definition) is 6. The molecule has 0 aromatic rings. The van der Waals surface area contributed by atoms with Crippen LogP contribution in [0.25, 0.3) is 0 Å². The van der Waals surface area contributed by atoms with Crippen LogP contribution >= 0.6 is 0 Å². The minimum Gasteiger partial charge on any atom is -0.462 e. The molecule has 1 atom stereocenters. The van der Waals surface area contributed by atoms with Crippen LogP contribution in [0.2, 0.25) is 0 Å². The molecule has 0 aliphatic carbocycles. The van der Waals surface area contributed by atoms with Crippen molar-refractivity contribution in [1.82, 2.24) is 0 Å². The van der Waals surface area contributed by atoms with Gasteiger partial charge in [-0.15, -0.1) is 0 Å². The van der Waals surface area contributed by atoms with Crippen LogP contribution in [0, 0.1) is 0 Å². The first-order valence-electron chi connectivity index (χ1n) is 31.4. The Hall–Kier alpha value is -3.15. The van der Waals surface area contributed by atoms with E-state index in [4.69, 9.17) is 14.2 Å². The third-order valence-corrected chi connectivity index (χ3v) is 13.7. The number of rotatable bonds is 57. The Kier molecular flexibility index (Phi) is 58.7. The fraction of sp³-hybridized carbons (Fsp3) is 0.776. The van der Waals surface area contributed by atoms with Gasteiger partial charge in [-0.3, -0.25) is 14.4 Å². The second kappa shape index (κ2) is 61.4. The fourth-order valence-corrected chi connectivity index (χ4v) is 9.00. The third-order valence-electron chi connectivity index (χ3n) is 13.7. The second-order valence-electron chi connectivity index (χ2n) is 20.9. The van der Waals surface area contributed by atoms with Crippen molar-refractivity contribution in [3.8, 4) is 0 Å². The predicted molar refractivity (Wildman–Crippen MR) is 316 cm³/mol. The van der Waals surface area contributed by atoms with Crippen LogP contribution in [0.3, 0.4) is 0 Å². The molecule has 0 radical (unpaired) electrons. The lowest BCUT2D eigenvalue weighted by Crippen LogP contribution is -2.30. The maximum absolute atomic E-state index is 12.9. The largest absolute Gasteiger partial charge is 0.462 e. The molecule has 0 aromatic carbocycles. The normalized spacial score (nSPS) is 12.5. The van der Waals surface area contributed by atoms with Crippen molar-refractivity contribution >= 4 is 17.9 Å². The van der Waals surface area contributed by atoms with Crippen molar-refractivity contribution in [3.05, 3.63) is 72.9 Å². The number of unbranched alkanes of at least 4 members (excludes halogenated alkanes) is 34. The van der Waals surface area contributed by atoms with E-state index in [1.54, 1.807) is 0 Å². The lowest BCUT2D eigenvalue weighted by Gasteiger charge is -2.18. The summed E-state index contributed by atoms with van der Waals surface area (Å²) in [6.07, 6.45) is 79.1. The van der Waals surface area contributed by atoms with Gasteiger partial charge >= 0.3 is 17.9 Å². The van der Waals surface area contributed by atoms with Gasteiger partial charge in [-0.2, -0.15) is 0 Å². The van der Waals surface area contributed by atoms with Crippen LogP contribution in [-0.2, 0) is 28.6 Å². The standard InChI is InChI=1S/C67H118O6/c1-4-7-10-13-16-19-21-23-25-27-29-31-32-33-34-36-37-39-41-43-45-48-51-54-57-60-66(69)72-63-64(62-71-65(68)59-56-53-50-47-18-15-12-9-6-3)73-67(70)61-58-55-52-49-46-44-42-40-38-35-30-28-26-24-22-20-17-14-11-8-5-2/h7,10,16,19,22-25,28-31,64H,4-6,8-9,11-15,17-18,20-21,26-27,32-63H2,1-3H3/b10-7-,19-16-,24-22-,25-23-,30-28-,31-29-. The zero-order valence-corrected chi connectivity index (χ0v) is 48.4. The molecule has 0 aromatic heterocycles. The van der Waals surface area contributed by atoms with Crippen molar-refractivity contribution in [2.24, 2.45) is 0 Å². The average Bonchev–Trinajstić information content (AvgIpc) is 3.39. The first-order valence-corrected chi connectivity index (χ1v) is 31.4. The molecule has 1 unspecified atom stereocenters. The summed E-state index contributed by atoms with van der Waals surface area (Å²) >= 11 is 0. The zero-order chi connectivity index (χ0) is 52.9. The molecule has 0 heterocycles. The van der Waals surface area contributed by atoms with Crippen LogP contribution < -0.4 is 0 Å². The summed E-state index contributed by atoms with van der Waals surface area (Å²) < 4.78 is 16.9. The summed E-state index contributed by atoms with van der Waals surface area (Å²) in [4.78, 5) is 38.2. The highest BCUT2D eigenvalue weighted by Gasteiger charge is 2.19. The number of esters is 3. The summed E-state index contributed by atoms with van der Waals surface area (Å²) in [6.45, 7) is 6.53. The van der Waals surface area contributed by atoms with Gasteiger partial charge < -0.3 is 14.2 Å². The lowest BCUT2D eigenvalue weighted by atomic mass is 10.0. The lowest BCUT2D eigenvalue weighted by molar-refractivity contribution is -0.167. The Morgan fingerprint density at radius 1 is 0.288 bits per heavy atom. The Balaban J connectivity index is 4.21. The highest BCUT2D eigenvalue weighted by Crippen LogP contribution is 2.16. The van der Waals surface area contributed by atoms with Crippen LogP contribution in [0.5, 0.6) is 0 Å². The minimum absolute atomic E-state index is 0.0745. The molecule has 0 saturated carbocycles. The summed E-state index contributed by atoms with van der Waals surface area (Å²) in [5, 5.41) is 0. The van der Waals surface area contributed by atoms with E-state index in [-0.39, 0.29) is 31.1 Å². The van der Waals surface area contributed by atoms with Crippen molar-refractivity contribution in [2.45, 2.75) is 322 Å². The van der Waals surface area contributed by atoms with Gasteiger partial charge in [0.1, 0.15) is 13.2 Å². The first kappa shape index (κ1) is 69.8. The van der Waals surface area contributed by atoms with E-state index in [1.165, 1.54) is 186 Å². The molecule has 0 aliphatic rings. The quantitative estimate of drug-likeness (QED) is 0.0261. The minimum atomic E-state index is -0.776. The van der Waals surface area contributed by atoms with Crippen LogP contribution in [0.4, 0.5) is 0 Å². The van der Waals surface area contributed by atoms with Crippen molar-refractivity contribution in [2.75, 3.05) is 13.2 Å². The Morgan fingerprint density at radius 2 is 0.534 bits per heavy atom. The molecule has 73 heavy (non-hydrogen) atoms. The molecule has 0 spiro atoms. The van der Waals surface area contributed by atoms with E-state index < -0.39 is 6.10 Å². The van der Waals surface area contributed by atoms with Gasteiger partial charge in [-0.05, 0) is 89.9 Å². The van der Waals surface area contributed by atoms with E-state index >= 15 is 0 Å². The van der Waals surface area contributed by atoms with Crippen molar-refractivity contribution in [1.29, 1.82) is 0 Å². The zero-order valence-electron chi connectivity index (χ0n) is 48.4. The number of carbonyl (C=O) groups excluding carboxylic acids is 3. The monoisotopic (exact) mass is 1020 g/mol. The predicted octanol–water partition coefficient (Wildman–Crippen LogP) is 21.3. The molecular weight excluding hydrogens is 901 g/mol. The maximum atomic E-state index is 12.9. The Morgan fingerprint density at radius 3 is 0.836 bits per heavy atom. The van der Waals surface area contributed by atoms with E-state index in [0.29, 0.717) is 19.3 Å². The Labute approximate surface area is 453 Å². The van der Waals surface area contributed by atoms with Gasteiger partial charge in [0, 0.05) is 19.3 Å². The molecule has 6 nitrogen and oxygen atoms in total. The topological polar surface area (TPSA) is 78.9 Å². The van der Waals surface area contributed by atoms with Gasteiger partial charge in [-0.25, -0.2) is 0 Å². The molecule has 0 amide bonds. The molecule has 0 rings (SSSR count). The maximum Gasteiger partial charge on any atom is 0.306 e. The first-order chi connectivity index (χ1) is 36.0. The van der Waals surface area contributed by atoms with Crippen LogP contribution in [0.15, 0.2) is 72.9 Å². The van der Waals surface area contributed by atoms with E-state index in [0.717, 1.165) is 89.9 Å². The van der Waals surface area contributed by atoms with E-state index in [9.17, 15) is 14.4 Å². The molecular formula is C67H118O6. The third kappa shape index (κ3) is 59.6. The summed E-state index contributed by atoms with van der Waals surface area (Å²) in [6, 6.07) is 0. The van der Waals surface area contributed by atoms with Gasteiger partial charge in [0.05, 0.1) is 0 Å². The molecule has 0 N–H and O–H groups in total. The summed E-state index contributed by atoms with van der Waals surface area (Å²) in [7, 11) is 0. The average molecular weight is 1020 g/mol. The molecule has 0 aliphatic heterocycles. The van der Waals surface area contributed by atoms with Crippen LogP contribution in [0.1, 0.15) is 316 Å². The highest BCUT2D eigenvalue weighted by atomic mass is 16.6. The van der Waals surface area contributed by atoms with E-state index in [1.807, 2.05) is 0 Å². The molecule has 0 bridgehead atoms. The second-order valence-corrected chi connectivity index (χ2v) is 20.9. The summed E-state index contributed by atoms with van der Waals surface area (Å²) in [5.74, 6) is -0.870. The number of hydrogen-bond donors (Lipinski definition) is 0. The smallest absolute Gasteiger partial charge is 0.306 e. The molecule has 422 valence electrons. The van der Waals surface area contributed by atoms with E-state index in [2.05, 4.69) is 93.7 Å². The fourth-order valence-electron chi connectivity index (χ4n) is 9.00. The van der Waals surface area contributed by atoms with Gasteiger partial charge in [0.15, 0.2) is 6.10 Å². The van der Waals surface area contributed by atoms with Crippen molar-refractivity contribution < 1.29 is 28.6 Å². The highest BCUT2D eigenvalue weighted by molar-refractivity contribution is 5.71. The van der Waals surface area contributed by atoms with Crippen molar-refractivity contribution in [3.63, 3.8) is 0 Å². The number of allylic oxidation sites excluding steroid dienone is 12. The number of carbonyl (C=O) groups is 3.